The first-order chi connectivity index (χ1) is 15.1. The zero-order chi connectivity index (χ0) is 24.3. The molecule has 0 radical (unpaired) electrons. The second kappa shape index (κ2) is 8.65. The maximum atomic E-state index is 13.1. The number of fused-ring (bicyclic) bond motifs is 1. The first-order valence-electron chi connectivity index (χ1n) is 9.49. The minimum atomic E-state index is -2.72. The van der Waals surface area contributed by atoms with Gasteiger partial charge in [0.2, 0.25) is 10.8 Å². The van der Waals surface area contributed by atoms with Crippen LogP contribution in [-0.2, 0) is 19.1 Å². The monoisotopic (exact) mass is 430 g/mol. The molecule has 0 saturated heterocycles. The topological polar surface area (TPSA) is 175 Å². The van der Waals surface area contributed by atoms with E-state index in [1.54, 1.807) is 38.1 Å². The second-order valence-corrected chi connectivity index (χ2v) is 7.54. The van der Waals surface area contributed by atoms with Crippen LogP contribution in [0, 0.1) is 67.5 Å². The maximum Gasteiger partial charge on any atom is 0.355 e. The number of nitrogens with zero attached hydrogens (tertiary/aromatic N) is 6. The first kappa shape index (κ1) is 23.7. The highest BCUT2D eigenvalue weighted by Gasteiger charge is 2.69. The number of esters is 2. The molecule has 32 heavy (non-hydrogen) atoms. The Morgan fingerprint density at radius 3 is 1.91 bits per heavy atom. The summed E-state index contributed by atoms with van der Waals surface area (Å²) >= 11 is 0. The largest absolute Gasteiger partial charge is 0.459 e. The van der Waals surface area contributed by atoms with Gasteiger partial charge in [-0.1, -0.05) is 0 Å². The fraction of sp³-hybridized carbons (Fsp3) is 0.409. The van der Waals surface area contributed by atoms with Crippen LogP contribution in [0.4, 0.5) is 0 Å². The van der Waals surface area contributed by atoms with Crippen LogP contribution in [0.2, 0.25) is 0 Å². The van der Waals surface area contributed by atoms with Gasteiger partial charge < -0.3 is 14.4 Å². The fourth-order valence-electron chi connectivity index (χ4n) is 3.55. The second-order valence-electron chi connectivity index (χ2n) is 7.54. The molecule has 0 aromatic heterocycles. The van der Waals surface area contributed by atoms with Crippen LogP contribution in [0.5, 0.6) is 0 Å². The van der Waals surface area contributed by atoms with Crippen molar-refractivity contribution in [2.24, 2.45) is 10.8 Å². The lowest BCUT2D eigenvalue weighted by atomic mass is 9.55. The fourth-order valence-corrected chi connectivity index (χ4v) is 3.55. The van der Waals surface area contributed by atoms with Crippen molar-refractivity contribution in [1.29, 1.82) is 26.3 Å². The molecule has 1 atom stereocenters. The Hall–Kier alpha value is -4.59. The summed E-state index contributed by atoms with van der Waals surface area (Å²) in [5, 5.41) is 49.6. The van der Waals surface area contributed by atoms with Crippen LogP contribution in [0.3, 0.4) is 0 Å². The maximum absolute atomic E-state index is 13.1. The van der Waals surface area contributed by atoms with Gasteiger partial charge in [0.1, 0.15) is 11.3 Å². The van der Waals surface area contributed by atoms with Crippen molar-refractivity contribution in [3.8, 4) is 30.3 Å². The van der Waals surface area contributed by atoms with Gasteiger partial charge in [-0.3, -0.25) is 0 Å². The van der Waals surface area contributed by atoms with Crippen LogP contribution in [0.1, 0.15) is 27.7 Å². The van der Waals surface area contributed by atoms with Gasteiger partial charge in [0.25, 0.3) is 0 Å². The Balaban J connectivity index is 3.09. The molecule has 0 aromatic carbocycles. The lowest BCUT2D eigenvalue weighted by molar-refractivity contribution is -0.149. The molecule has 0 fully saturated rings. The SMILES string of the molecule is CC(C)OC(=O)C1=C(C(=O)OC(C)C)C(C#N)(C#N)C(C#N)(C#N)C2C=C(C#N)C=CN12. The van der Waals surface area contributed by atoms with E-state index in [4.69, 9.17) is 9.47 Å². The van der Waals surface area contributed by atoms with Gasteiger partial charge in [-0.15, -0.1) is 0 Å². The van der Waals surface area contributed by atoms with Crippen molar-refractivity contribution in [2.75, 3.05) is 0 Å². The average Bonchev–Trinajstić information content (AvgIpc) is 2.75. The highest BCUT2D eigenvalue weighted by molar-refractivity contribution is 6.03. The zero-order valence-corrected chi connectivity index (χ0v) is 17.8. The van der Waals surface area contributed by atoms with Gasteiger partial charge in [0.05, 0.1) is 54.2 Å². The molecular formula is C22H18N6O4. The molecule has 1 unspecified atom stereocenters. The minimum absolute atomic E-state index is 0.0377. The predicted molar refractivity (Wildman–Crippen MR) is 105 cm³/mol. The van der Waals surface area contributed by atoms with E-state index in [-0.39, 0.29) is 5.57 Å². The molecule has 2 heterocycles. The minimum Gasteiger partial charge on any atom is -0.459 e. The van der Waals surface area contributed by atoms with Crippen molar-refractivity contribution in [3.05, 3.63) is 35.2 Å². The number of carbonyl (C=O) groups excluding carboxylic acids is 2. The highest BCUT2D eigenvalue weighted by Crippen LogP contribution is 2.55. The van der Waals surface area contributed by atoms with E-state index in [0.29, 0.717) is 0 Å². The molecule has 2 aliphatic rings. The molecule has 0 spiro atoms. The molecule has 0 bridgehead atoms. The molecule has 0 aromatic rings. The highest BCUT2D eigenvalue weighted by atomic mass is 16.5. The number of hydrogen-bond acceptors (Lipinski definition) is 10. The summed E-state index contributed by atoms with van der Waals surface area (Å²) < 4.78 is 10.4. The zero-order valence-electron chi connectivity index (χ0n) is 17.8. The number of allylic oxidation sites excluding steroid dienone is 2. The Morgan fingerprint density at radius 2 is 1.47 bits per heavy atom. The van der Waals surface area contributed by atoms with Crippen molar-refractivity contribution in [1.82, 2.24) is 4.90 Å². The summed E-state index contributed by atoms with van der Waals surface area (Å²) in [5.41, 5.74) is -6.45. The van der Waals surface area contributed by atoms with E-state index >= 15 is 0 Å². The van der Waals surface area contributed by atoms with E-state index < -0.39 is 52.3 Å². The van der Waals surface area contributed by atoms with Crippen molar-refractivity contribution in [2.45, 2.75) is 45.9 Å². The predicted octanol–water partition coefficient (Wildman–Crippen LogP) is 1.87. The van der Waals surface area contributed by atoms with Gasteiger partial charge in [-0.05, 0) is 39.8 Å². The van der Waals surface area contributed by atoms with Crippen LogP contribution in [-0.4, -0.2) is 35.1 Å². The van der Waals surface area contributed by atoms with E-state index in [2.05, 4.69) is 0 Å². The Kier molecular flexibility index (Phi) is 6.40. The number of hydrogen-bond donors (Lipinski definition) is 0. The molecule has 0 aliphatic carbocycles. The van der Waals surface area contributed by atoms with Crippen LogP contribution < -0.4 is 0 Å². The molecule has 10 nitrogen and oxygen atoms in total. The Labute approximate surface area is 185 Å². The van der Waals surface area contributed by atoms with Crippen LogP contribution >= 0.6 is 0 Å². The molecule has 2 aliphatic heterocycles. The molecular weight excluding hydrogens is 412 g/mol. The number of nitriles is 5. The first-order valence-corrected chi connectivity index (χ1v) is 9.49. The van der Waals surface area contributed by atoms with Crippen LogP contribution in [0.15, 0.2) is 35.2 Å². The third kappa shape index (κ3) is 3.33. The summed E-state index contributed by atoms with van der Waals surface area (Å²) in [6.07, 6.45) is 2.39. The number of rotatable bonds is 4. The third-order valence-corrected chi connectivity index (χ3v) is 4.86. The number of carbonyl (C=O) groups is 2. The summed E-state index contributed by atoms with van der Waals surface area (Å²) in [5.74, 6) is -2.27. The van der Waals surface area contributed by atoms with E-state index in [1.807, 2.05) is 6.07 Å². The third-order valence-electron chi connectivity index (χ3n) is 4.86. The smallest absolute Gasteiger partial charge is 0.355 e. The van der Waals surface area contributed by atoms with Crippen LogP contribution in [0.25, 0.3) is 0 Å². The summed E-state index contributed by atoms with van der Waals surface area (Å²) in [6, 6.07) is 7.14. The normalized spacial score (nSPS) is 20.0. The van der Waals surface area contributed by atoms with Crippen molar-refractivity contribution < 1.29 is 19.1 Å². The molecule has 160 valence electrons. The van der Waals surface area contributed by atoms with Gasteiger partial charge in [0.15, 0.2) is 0 Å². The van der Waals surface area contributed by atoms with Gasteiger partial charge in [-0.2, -0.15) is 26.3 Å². The van der Waals surface area contributed by atoms with E-state index in [1.165, 1.54) is 32.2 Å². The Bertz CT molecular complexity index is 1130. The van der Waals surface area contributed by atoms with Gasteiger partial charge >= 0.3 is 11.9 Å². The molecule has 0 amide bonds. The lowest BCUT2D eigenvalue weighted by Gasteiger charge is -2.48. The standard InChI is InChI=1S/C22H18N6O4/c1-13(2)31-19(29)17-18(20(30)32-14(3)4)28-6-5-15(8-23)7-16(28)21(9-24,10-25)22(17,11-26)12-27/h5-7,13-14,16H,1-4H3. The molecule has 10 heteroatoms. The molecule has 0 saturated carbocycles. The number of ether oxygens (including phenoxy) is 2. The molecule has 2 rings (SSSR count). The summed E-state index contributed by atoms with van der Waals surface area (Å²) in [4.78, 5) is 27.3. The summed E-state index contributed by atoms with van der Waals surface area (Å²) in [7, 11) is 0. The average molecular weight is 430 g/mol. The lowest BCUT2D eigenvalue weighted by Crippen LogP contribution is -2.60. The summed E-state index contributed by atoms with van der Waals surface area (Å²) in [6.45, 7) is 6.14. The van der Waals surface area contributed by atoms with Gasteiger partial charge in [-0.25, -0.2) is 9.59 Å². The Morgan fingerprint density at radius 1 is 0.938 bits per heavy atom. The van der Waals surface area contributed by atoms with Crippen molar-refractivity contribution >= 4 is 11.9 Å². The van der Waals surface area contributed by atoms with E-state index in [9.17, 15) is 35.9 Å². The van der Waals surface area contributed by atoms with Crippen molar-refractivity contribution in [3.63, 3.8) is 0 Å². The molecule has 0 N–H and O–H groups in total. The quantitative estimate of drug-likeness (QED) is 0.598. The van der Waals surface area contributed by atoms with Gasteiger partial charge in [0, 0.05) is 6.20 Å². The van der Waals surface area contributed by atoms with E-state index in [0.717, 1.165) is 4.90 Å².